The van der Waals surface area contributed by atoms with Gasteiger partial charge in [0.15, 0.2) is 0 Å². The lowest BCUT2D eigenvalue weighted by Gasteiger charge is -2.38. The van der Waals surface area contributed by atoms with Crippen LogP contribution in [0.2, 0.25) is 0 Å². The topological polar surface area (TPSA) is 76.6 Å². The standard InChI is InChI=1S/C22H31N7O/c1-6-22(30)26-19-13-17(29-11-9-28(10-12-29)16(2)3)7-8-18(19)25-20-14-21(27(4)5)24-15-23-20/h6-8,13-16H,1,9-12H2,2-5H3,(H,26,30)(H,23,24,25). The number of hydrogen-bond acceptors (Lipinski definition) is 7. The Morgan fingerprint density at radius 3 is 2.50 bits per heavy atom. The average molecular weight is 410 g/mol. The summed E-state index contributed by atoms with van der Waals surface area (Å²) in [6.45, 7) is 12.0. The largest absolute Gasteiger partial charge is 0.369 e. The first kappa shape index (κ1) is 21.6. The predicted molar refractivity (Wildman–Crippen MR) is 124 cm³/mol. The molecule has 1 aliphatic heterocycles. The number of nitrogens with zero attached hydrogens (tertiary/aromatic N) is 5. The number of piperazine rings is 1. The third kappa shape index (κ3) is 5.27. The third-order valence-corrected chi connectivity index (χ3v) is 5.23. The van der Waals surface area contributed by atoms with Crippen molar-refractivity contribution in [3.05, 3.63) is 43.2 Å². The maximum Gasteiger partial charge on any atom is 0.247 e. The van der Waals surface area contributed by atoms with Crippen molar-refractivity contribution in [2.24, 2.45) is 0 Å². The molecule has 0 unspecified atom stereocenters. The SMILES string of the molecule is C=CC(=O)Nc1cc(N2CCN(C(C)C)CC2)ccc1Nc1cc(N(C)C)ncn1. The van der Waals surface area contributed by atoms with Gasteiger partial charge in [-0.25, -0.2) is 9.97 Å². The number of aromatic nitrogens is 2. The molecule has 1 aromatic carbocycles. The van der Waals surface area contributed by atoms with Crippen LogP contribution in [0, 0.1) is 0 Å². The van der Waals surface area contributed by atoms with Gasteiger partial charge in [0.2, 0.25) is 5.91 Å². The highest BCUT2D eigenvalue weighted by atomic mass is 16.1. The van der Waals surface area contributed by atoms with Crippen LogP contribution in [-0.4, -0.2) is 67.1 Å². The second-order valence-corrected chi connectivity index (χ2v) is 7.82. The van der Waals surface area contributed by atoms with E-state index in [1.165, 1.54) is 12.4 Å². The van der Waals surface area contributed by atoms with E-state index in [1.54, 1.807) is 0 Å². The maximum atomic E-state index is 12.0. The van der Waals surface area contributed by atoms with Gasteiger partial charge in [0.25, 0.3) is 0 Å². The van der Waals surface area contributed by atoms with Gasteiger partial charge < -0.3 is 20.4 Å². The van der Waals surface area contributed by atoms with Crippen molar-refractivity contribution < 1.29 is 4.79 Å². The number of anilines is 5. The van der Waals surface area contributed by atoms with Gasteiger partial charge in [-0.1, -0.05) is 6.58 Å². The van der Waals surface area contributed by atoms with Gasteiger partial charge in [-0.2, -0.15) is 0 Å². The Bertz CT molecular complexity index is 889. The van der Waals surface area contributed by atoms with Crippen molar-refractivity contribution in [3.8, 4) is 0 Å². The Morgan fingerprint density at radius 2 is 1.87 bits per heavy atom. The number of carbonyl (C=O) groups excluding carboxylic acids is 1. The number of hydrogen-bond donors (Lipinski definition) is 2. The fourth-order valence-electron chi connectivity index (χ4n) is 3.42. The summed E-state index contributed by atoms with van der Waals surface area (Å²) in [6.07, 6.45) is 2.79. The summed E-state index contributed by atoms with van der Waals surface area (Å²) >= 11 is 0. The van der Waals surface area contributed by atoms with E-state index in [1.807, 2.05) is 37.2 Å². The lowest BCUT2D eigenvalue weighted by Crippen LogP contribution is -2.48. The van der Waals surface area contributed by atoms with E-state index in [0.29, 0.717) is 17.5 Å². The molecule has 2 N–H and O–H groups in total. The molecule has 2 heterocycles. The Labute approximate surface area is 178 Å². The number of benzene rings is 1. The molecule has 0 saturated carbocycles. The van der Waals surface area contributed by atoms with Crippen molar-refractivity contribution in [1.82, 2.24) is 14.9 Å². The molecule has 8 heteroatoms. The van der Waals surface area contributed by atoms with Crippen molar-refractivity contribution in [3.63, 3.8) is 0 Å². The Hall–Kier alpha value is -3.13. The van der Waals surface area contributed by atoms with Crippen LogP contribution >= 0.6 is 0 Å². The summed E-state index contributed by atoms with van der Waals surface area (Å²) in [5.74, 6) is 1.20. The number of nitrogens with one attached hydrogen (secondary N) is 2. The first-order chi connectivity index (χ1) is 14.4. The second kappa shape index (κ2) is 9.58. The van der Waals surface area contributed by atoms with E-state index in [0.717, 1.165) is 43.4 Å². The first-order valence-electron chi connectivity index (χ1n) is 10.2. The average Bonchev–Trinajstić information content (AvgIpc) is 2.75. The van der Waals surface area contributed by atoms with Crippen molar-refractivity contribution in [1.29, 1.82) is 0 Å². The molecule has 30 heavy (non-hydrogen) atoms. The van der Waals surface area contributed by atoms with Crippen LogP contribution in [0.4, 0.5) is 28.7 Å². The molecule has 3 rings (SSSR count). The molecule has 0 spiro atoms. The molecular formula is C22H31N7O. The van der Waals surface area contributed by atoms with E-state index < -0.39 is 0 Å². The Balaban J connectivity index is 1.84. The Morgan fingerprint density at radius 1 is 1.13 bits per heavy atom. The molecule has 1 aliphatic rings. The van der Waals surface area contributed by atoms with E-state index in [-0.39, 0.29) is 5.91 Å². The fourth-order valence-corrected chi connectivity index (χ4v) is 3.42. The van der Waals surface area contributed by atoms with Crippen molar-refractivity contribution in [2.75, 3.05) is 60.7 Å². The van der Waals surface area contributed by atoms with E-state index >= 15 is 0 Å². The van der Waals surface area contributed by atoms with Gasteiger partial charge in [-0.3, -0.25) is 9.69 Å². The highest BCUT2D eigenvalue weighted by molar-refractivity contribution is 6.02. The quantitative estimate of drug-likeness (QED) is 0.681. The van der Waals surface area contributed by atoms with Crippen LogP contribution in [0.15, 0.2) is 43.2 Å². The smallest absolute Gasteiger partial charge is 0.247 e. The van der Waals surface area contributed by atoms with E-state index in [4.69, 9.17) is 0 Å². The molecule has 0 atom stereocenters. The zero-order valence-corrected chi connectivity index (χ0v) is 18.2. The molecule has 1 fully saturated rings. The molecule has 0 aliphatic carbocycles. The summed E-state index contributed by atoms with van der Waals surface area (Å²) in [4.78, 5) is 27.3. The lowest BCUT2D eigenvalue weighted by molar-refractivity contribution is -0.111. The molecule has 0 bridgehead atoms. The van der Waals surface area contributed by atoms with Crippen molar-refractivity contribution >= 4 is 34.6 Å². The normalized spacial score (nSPS) is 14.5. The zero-order valence-electron chi connectivity index (χ0n) is 18.2. The fraction of sp³-hybridized carbons (Fsp3) is 0.409. The molecule has 2 aromatic rings. The zero-order chi connectivity index (χ0) is 21.7. The Kier molecular flexibility index (Phi) is 6.89. The molecular weight excluding hydrogens is 378 g/mol. The van der Waals surface area contributed by atoms with Gasteiger partial charge in [0, 0.05) is 58.1 Å². The predicted octanol–water partition coefficient (Wildman–Crippen LogP) is 2.94. The van der Waals surface area contributed by atoms with Crippen LogP contribution in [0.5, 0.6) is 0 Å². The van der Waals surface area contributed by atoms with Gasteiger partial charge in [-0.05, 0) is 38.1 Å². The van der Waals surface area contributed by atoms with Gasteiger partial charge >= 0.3 is 0 Å². The van der Waals surface area contributed by atoms with Crippen LogP contribution in [0.25, 0.3) is 0 Å². The van der Waals surface area contributed by atoms with Crippen molar-refractivity contribution in [2.45, 2.75) is 19.9 Å². The summed E-state index contributed by atoms with van der Waals surface area (Å²) in [7, 11) is 3.85. The summed E-state index contributed by atoms with van der Waals surface area (Å²) in [6, 6.07) is 8.47. The molecule has 1 saturated heterocycles. The van der Waals surface area contributed by atoms with Crippen LogP contribution < -0.4 is 20.4 Å². The van der Waals surface area contributed by atoms with Gasteiger partial charge in [0.1, 0.15) is 18.0 Å². The highest BCUT2D eigenvalue weighted by Crippen LogP contribution is 2.31. The lowest BCUT2D eigenvalue weighted by atomic mass is 10.1. The minimum atomic E-state index is -0.253. The van der Waals surface area contributed by atoms with Crippen LogP contribution in [0.3, 0.4) is 0 Å². The molecule has 160 valence electrons. The van der Waals surface area contributed by atoms with Crippen LogP contribution in [-0.2, 0) is 4.79 Å². The van der Waals surface area contributed by atoms with E-state index in [2.05, 4.69) is 56.9 Å². The van der Waals surface area contributed by atoms with Gasteiger partial charge in [-0.15, -0.1) is 0 Å². The molecule has 0 radical (unpaired) electrons. The minimum absolute atomic E-state index is 0.253. The monoisotopic (exact) mass is 409 g/mol. The third-order valence-electron chi connectivity index (χ3n) is 5.23. The number of carbonyl (C=O) groups is 1. The molecule has 8 nitrogen and oxygen atoms in total. The minimum Gasteiger partial charge on any atom is -0.369 e. The summed E-state index contributed by atoms with van der Waals surface area (Å²) in [5, 5.41) is 6.21. The second-order valence-electron chi connectivity index (χ2n) is 7.82. The number of amides is 1. The number of rotatable bonds is 7. The van der Waals surface area contributed by atoms with E-state index in [9.17, 15) is 4.79 Å². The molecule has 1 aromatic heterocycles. The van der Waals surface area contributed by atoms with Gasteiger partial charge in [0.05, 0.1) is 11.4 Å². The maximum absolute atomic E-state index is 12.0. The summed E-state index contributed by atoms with van der Waals surface area (Å²) in [5.41, 5.74) is 2.53. The highest BCUT2D eigenvalue weighted by Gasteiger charge is 2.20. The first-order valence-corrected chi connectivity index (χ1v) is 10.2. The molecule has 1 amide bonds. The summed E-state index contributed by atoms with van der Waals surface area (Å²) < 4.78 is 0. The van der Waals surface area contributed by atoms with Crippen LogP contribution in [0.1, 0.15) is 13.8 Å².